The van der Waals surface area contributed by atoms with Gasteiger partial charge in [0.1, 0.15) is 4.58 Å². The molecular formula is C24H28I4O2S4. The van der Waals surface area contributed by atoms with Crippen molar-refractivity contribution in [3.05, 3.63) is 70.3 Å². The standard InChI is InChI=1S/C24H28I4O2S4/c1-3-16-7-9-18(10-8-16)20-6-4-5-17-11-12-19(13-21(17)20)24(29,23(33-27)34-28)30-22(14-31-25)15(2)32-26/h7-13,15,20,22-23,29H,3-6,14H2,1-2H3. The third-order valence-electron chi connectivity index (χ3n) is 6.37. The minimum Gasteiger partial charge on any atom is -0.360 e. The lowest BCUT2D eigenvalue weighted by atomic mass is 9.77. The third kappa shape index (κ3) is 7.66. The van der Waals surface area contributed by atoms with Crippen LogP contribution in [0.25, 0.3) is 0 Å². The van der Waals surface area contributed by atoms with E-state index in [1.807, 2.05) is 0 Å². The molecule has 0 saturated heterocycles. The minimum atomic E-state index is -1.38. The van der Waals surface area contributed by atoms with Gasteiger partial charge in [-0.25, -0.2) is 0 Å². The van der Waals surface area contributed by atoms with E-state index >= 15 is 0 Å². The summed E-state index contributed by atoms with van der Waals surface area (Å²) in [7, 11) is 6.74. The van der Waals surface area contributed by atoms with Crippen LogP contribution in [-0.2, 0) is 23.4 Å². The quantitative estimate of drug-likeness (QED) is 0.168. The molecule has 0 heterocycles. The Balaban J connectivity index is 2.05. The summed E-state index contributed by atoms with van der Waals surface area (Å²) in [4.78, 5) is 0. The van der Waals surface area contributed by atoms with E-state index in [0.717, 1.165) is 30.6 Å². The van der Waals surface area contributed by atoms with Crippen molar-refractivity contribution in [2.75, 3.05) is 5.75 Å². The van der Waals surface area contributed by atoms with Crippen molar-refractivity contribution in [1.29, 1.82) is 0 Å². The summed E-state index contributed by atoms with van der Waals surface area (Å²) in [6.45, 7) is 4.38. The van der Waals surface area contributed by atoms with Crippen LogP contribution in [0.1, 0.15) is 60.4 Å². The van der Waals surface area contributed by atoms with E-state index in [9.17, 15) is 5.11 Å². The van der Waals surface area contributed by atoms with Gasteiger partial charge in [-0.3, -0.25) is 0 Å². The summed E-state index contributed by atoms with van der Waals surface area (Å²) in [6.07, 6.45) is 4.44. The number of halogens is 4. The fourth-order valence-electron chi connectivity index (χ4n) is 4.36. The third-order valence-corrected chi connectivity index (χ3v) is 17.6. The molecule has 1 N–H and O–H groups in total. The smallest absolute Gasteiger partial charge is 0.216 e. The van der Waals surface area contributed by atoms with Crippen LogP contribution in [0.15, 0.2) is 42.5 Å². The lowest BCUT2D eigenvalue weighted by Crippen LogP contribution is -2.44. The van der Waals surface area contributed by atoms with Crippen LogP contribution in [0, 0.1) is 0 Å². The number of benzene rings is 2. The molecule has 1 aliphatic rings. The van der Waals surface area contributed by atoms with Gasteiger partial charge >= 0.3 is 0 Å². The summed E-state index contributed by atoms with van der Waals surface area (Å²) >= 11 is 9.26. The van der Waals surface area contributed by atoms with E-state index in [1.165, 1.54) is 28.7 Å². The predicted molar refractivity (Wildman–Crippen MR) is 190 cm³/mol. The van der Waals surface area contributed by atoms with E-state index in [1.54, 1.807) is 35.7 Å². The molecule has 2 nitrogen and oxygen atoms in total. The molecule has 0 radical (unpaired) electrons. The SMILES string of the molecule is CCc1ccc(C2CCCc3ccc(C(O)(OC(CSI)C(C)SI)C(SI)SI)cc32)cc1. The predicted octanol–water partition coefficient (Wildman–Crippen LogP) is 10.3. The molecule has 0 aliphatic heterocycles. The number of hydrogen-bond donors (Lipinski definition) is 1. The molecule has 0 fully saturated rings. The Morgan fingerprint density at radius 1 is 1.06 bits per heavy atom. The summed E-state index contributed by atoms with van der Waals surface area (Å²) in [5.41, 5.74) is 6.37. The molecule has 0 aromatic heterocycles. The highest BCUT2D eigenvalue weighted by molar-refractivity contribution is 14.2. The van der Waals surface area contributed by atoms with E-state index in [4.69, 9.17) is 4.74 Å². The van der Waals surface area contributed by atoms with E-state index in [-0.39, 0.29) is 15.9 Å². The van der Waals surface area contributed by atoms with Crippen molar-refractivity contribution in [1.82, 2.24) is 0 Å². The van der Waals surface area contributed by atoms with Crippen LogP contribution in [0.4, 0.5) is 0 Å². The number of aryl methyl sites for hydroxylation is 2. The van der Waals surface area contributed by atoms with Crippen LogP contribution in [0.2, 0.25) is 0 Å². The van der Waals surface area contributed by atoms with E-state index in [0.29, 0.717) is 5.92 Å². The molecule has 0 saturated carbocycles. The van der Waals surface area contributed by atoms with Gasteiger partial charge in [0.2, 0.25) is 5.79 Å². The van der Waals surface area contributed by atoms with Crippen LogP contribution in [0.5, 0.6) is 0 Å². The zero-order valence-corrected chi connectivity index (χ0v) is 30.8. The molecule has 188 valence electrons. The van der Waals surface area contributed by atoms with E-state index < -0.39 is 5.79 Å². The van der Waals surface area contributed by atoms with Gasteiger partial charge in [0.25, 0.3) is 0 Å². The van der Waals surface area contributed by atoms with Gasteiger partial charge in [-0.1, -0.05) is 79.1 Å². The number of ether oxygens (including phenoxy) is 1. The largest absolute Gasteiger partial charge is 0.360 e. The van der Waals surface area contributed by atoms with Gasteiger partial charge in [0, 0.05) is 22.5 Å². The second-order valence-corrected chi connectivity index (χ2v) is 17.9. The fraction of sp³-hybridized carbons (Fsp3) is 0.500. The molecule has 2 aromatic rings. The van der Waals surface area contributed by atoms with Gasteiger partial charge in [-0.05, 0) is 146 Å². The summed E-state index contributed by atoms with van der Waals surface area (Å²) in [6, 6.07) is 15.7. The Labute approximate surface area is 269 Å². The first-order valence-corrected chi connectivity index (χ1v) is 24.9. The van der Waals surface area contributed by atoms with Crippen LogP contribution >= 0.6 is 121 Å². The van der Waals surface area contributed by atoms with Crippen molar-refractivity contribution < 1.29 is 9.84 Å². The Kier molecular flexibility index (Phi) is 14.2. The van der Waals surface area contributed by atoms with Crippen molar-refractivity contribution in [2.24, 2.45) is 0 Å². The maximum atomic E-state index is 12.2. The molecule has 34 heavy (non-hydrogen) atoms. The number of rotatable bonds is 12. The van der Waals surface area contributed by atoms with Gasteiger partial charge in [0.05, 0.1) is 6.10 Å². The molecule has 4 unspecified atom stereocenters. The van der Waals surface area contributed by atoms with Crippen molar-refractivity contribution in [2.45, 2.75) is 67.2 Å². The minimum absolute atomic E-state index is 0.0585. The van der Waals surface area contributed by atoms with Gasteiger partial charge in [-0.2, -0.15) is 0 Å². The molecule has 0 amide bonds. The second-order valence-electron chi connectivity index (χ2n) is 8.39. The first kappa shape index (κ1) is 31.2. The summed E-state index contributed by atoms with van der Waals surface area (Å²) in [5.74, 6) is -0.179. The molecule has 4 atom stereocenters. The van der Waals surface area contributed by atoms with Crippen LogP contribution < -0.4 is 0 Å². The molecule has 0 spiro atoms. The Morgan fingerprint density at radius 2 is 1.76 bits per heavy atom. The molecule has 0 bridgehead atoms. The first-order valence-electron chi connectivity index (χ1n) is 11.1. The zero-order chi connectivity index (χ0) is 24.7. The average molecular weight is 984 g/mol. The van der Waals surface area contributed by atoms with Crippen LogP contribution in [0.3, 0.4) is 0 Å². The van der Waals surface area contributed by atoms with Gasteiger partial charge in [0.15, 0.2) is 0 Å². The molecule has 10 heteroatoms. The number of aliphatic hydroxyl groups is 1. The maximum absolute atomic E-state index is 12.2. The molecular weight excluding hydrogens is 956 g/mol. The van der Waals surface area contributed by atoms with E-state index in [2.05, 4.69) is 141 Å². The average Bonchev–Trinajstić information content (AvgIpc) is 2.88. The number of fused-ring (bicyclic) bond motifs is 1. The lowest BCUT2D eigenvalue weighted by molar-refractivity contribution is -0.222. The summed E-state index contributed by atoms with van der Waals surface area (Å²) < 4.78 is 6.53. The Morgan fingerprint density at radius 3 is 2.35 bits per heavy atom. The summed E-state index contributed by atoms with van der Waals surface area (Å²) in [5, 5.41) is 12.5. The monoisotopic (exact) mass is 984 g/mol. The molecule has 2 aromatic carbocycles. The van der Waals surface area contributed by atoms with Gasteiger partial charge < -0.3 is 9.84 Å². The fourth-order valence-corrected chi connectivity index (χ4v) is 15.5. The second kappa shape index (κ2) is 15.5. The van der Waals surface area contributed by atoms with Crippen molar-refractivity contribution in [3.8, 4) is 0 Å². The molecule has 1 aliphatic carbocycles. The normalized spacial score (nSPS) is 19.5. The van der Waals surface area contributed by atoms with Crippen molar-refractivity contribution >= 4 is 121 Å². The first-order chi connectivity index (χ1) is 16.4. The van der Waals surface area contributed by atoms with Crippen molar-refractivity contribution in [3.63, 3.8) is 0 Å². The lowest BCUT2D eigenvalue weighted by Gasteiger charge is -2.39. The Hall–Kier alpha value is 2.68. The molecule has 3 rings (SSSR count). The highest BCUT2D eigenvalue weighted by Gasteiger charge is 2.44. The zero-order valence-electron chi connectivity index (χ0n) is 18.9. The number of hydrogen-bond acceptors (Lipinski definition) is 6. The topological polar surface area (TPSA) is 29.5 Å². The van der Waals surface area contributed by atoms with Crippen LogP contribution in [-0.4, -0.2) is 26.8 Å². The van der Waals surface area contributed by atoms with Gasteiger partial charge in [-0.15, -0.1) is 0 Å². The Bertz CT molecular complexity index is 916. The highest BCUT2D eigenvalue weighted by atomic mass is 127. The maximum Gasteiger partial charge on any atom is 0.216 e. The highest BCUT2D eigenvalue weighted by Crippen LogP contribution is 2.49.